The van der Waals surface area contributed by atoms with Crippen LogP contribution in [0.4, 0.5) is 0 Å². The minimum atomic E-state index is 0.642. The first-order valence-corrected chi connectivity index (χ1v) is 4.64. The Hall–Kier alpha value is -2.23. The van der Waals surface area contributed by atoms with Crippen molar-refractivity contribution >= 4 is 5.52 Å². The number of aromatic nitrogens is 4. The number of pyridine rings is 1. The maximum absolute atomic E-state index is 4.30. The summed E-state index contributed by atoms with van der Waals surface area (Å²) >= 11 is 0. The highest BCUT2D eigenvalue weighted by Gasteiger charge is 2.06. The first-order valence-electron chi connectivity index (χ1n) is 4.64. The van der Waals surface area contributed by atoms with E-state index in [0.717, 1.165) is 11.3 Å². The highest BCUT2D eigenvalue weighted by molar-refractivity contribution is 5.56. The third-order valence-electron chi connectivity index (χ3n) is 2.20. The van der Waals surface area contributed by atoms with Gasteiger partial charge < -0.3 is 0 Å². The van der Waals surface area contributed by atoms with Crippen LogP contribution in [0.5, 0.6) is 0 Å². The minimum Gasteiger partial charge on any atom is -0.297 e. The molecule has 3 heterocycles. The molecule has 3 rings (SSSR count). The van der Waals surface area contributed by atoms with Crippen molar-refractivity contribution < 1.29 is 0 Å². The predicted molar refractivity (Wildman–Crippen MR) is 56.2 cm³/mol. The number of rotatable bonds is 1. The highest BCUT2D eigenvalue weighted by atomic mass is 15.1. The molecule has 0 atom stereocenters. The molecular formula is C11H8N4. The predicted octanol–water partition coefficient (Wildman–Crippen LogP) is 1.79. The third-order valence-corrected chi connectivity index (χ3v) is 2.20. The van der Waals surface area contributed by atoms with Gasteiger partial charge in [-0.3, -0.25) is 4.40 Å². The van der Waals surface area contributed by atoms with E-state index in [0.29, 0.717) is 5.82 Å². The van der Waals surface area contributed by atoms with E-state index in [2.05, 4.69) is 15.0 Å². The van der Waals surface area contributed by atoms with E-state index in [1.54, 1.807) is 18.5 Å². The van der Waals surface area contributed by atoms with Crippen LogP contribution in [0.2, 0.25) is 0 Å². The minimum absolute atomic E-state index is 0.642. The summed E-state index contributed by atoms with van der Waals surface area (Å²) in [5.41, 5.74) is 1.04. The molecule has 0 fully saturated rings. The Kier molecular flexibility index (Phi) is 1.71. The topological polar surface area (TPSA) is 43.1 Å². The van der Waals surface area contributed by atoms with Crippen LogP contribution >= 0.6 is 0 Å². The van der Waals surface area contributed by atoms with E-state index in [9.17, 15) is 0 Å². The van der Waals surface area contributed by atoms with E-state index in [1.807, 2.05) is 35.0 Å². The van der Waals surface area contributed by atoms with E-state index in [4.69, 9.17) is 0 Å². The van der Waals surface area contributed by atoms with Crippen LogP contribution < -0.4 is 0 Å². The molecule has 0 aliphatic rings. The van der Waals surface area contributed by atoms with Gasteiger partial charge in [0.15, 0.2) is 11.6 Å². The van der Waals surface area contributed by atoms with Crippen LogP contribution in [0.3, 0.4) is 0 Å². The number of hydrogen-bond donors (Lipinski definition) is 0. The van der Waals surface area contributed by atoms with Crippen molar-refractivity contribution in [3.8, 4) is 11.6 Å². The Bertz CT molecular complexity index is 586. The third kappa shape index (κ3) is 1.27. The summed E-state index contributed by atoms with van der Waals surface area (Å²) in [4.78, 5) is 12.7. The van der Waals surface area contributed by atoms with E-state index < -0.39 is 0 Å². The van der Waals surface area contributed by atoms with Crippen LogP contribution in [0.15, 0.2) is 49.1 Å². The second-order valence-electron chi connectivity index (χ2n) is 3.15. The summed E-state index contributed by atoms with van der Waals surface area (Å²) in [5, 5.41) is 0. The molecule has 0 radical (unpaired) electrons. The second kappa shape index (κ2) is 3.16. The maximum Gasteiger partial charge on any atom is 0.196 e. The fourth-order valence-electron chi connectivity index (χ4n) is 1.52. The van der Waals surface area contributed by atoms with Gasteiger partial charge in [0.25, 0.3) is 0 Å². The van der Waals surface area contributed by atoms with Gasteiger partial charge in [-0.05, 0) is 18.2 Å². The van der Waals surface area contributed by atoms with Gasteiger partial charge >= 0.3 is 0 Å². The first kappa shape index (κ1) is 8.11. The molecule has 72 valence electrons. The van der Waals surface area contributed by atoms with Crippen molar-refractivity contribution in [2.45, 2.75) is 0 Å². The molecule has 15 heavy (non-hydrogen) atoms. The monoisotopic (exact) mass is 196 g/mol. The number of hydrogen-bond acceptors (Lipinski definition) is 3. The lowest BCUT2D eigenvalue weighted by molar-refractivity contribution is 1.07. The van der Waals surface area contributed by atoms with Gasteiger partial charge in [0.1, 0.15) is 0 Å². The Balaban J connectivity index is 2.28. The van der Waals surface area contributed by atoms with Gasteiger partial charge in [-0.25, -0.2) is 15.0 Å². The molecule has 0 N–H and O–H groups in total. The molecule has 4 heteroatoms. The second-order valence-corrected chi connectivity index (χ2v) is 3.15. The molecule has 0 saturated heterocycles. The zero-order valence-corrected chi connectivity index (χ0v) is 7.91. The molecule has 0 unspecified atom stereocenters. The molecule has 0 aliphatic carbocycles. The van der Waals surface area contributed by atoms with Gasteiger partial charge in [0.2, 0.25) is 0 Å². The summed E-state index contributed by atoms with van der Waals surface area (Å²) in [7, 11) is 0. The summed E-state index contributed by atoms with van der Waals surface area (Å²) in [6.07, 6.45) is 7.19. The average Bonchev–Trinajstić information content (AvgIpc) is 2.74. The van der Waals surface area contributed by atoms with E-state index >= 15 is 0 Å². The lowest BCUT2D eigenvalue weighted by Crippen LogP contribution is -1.93. The lowest BCUT2D eigenvalue weighted by Gasteiger charge is -1.98. The zero-order valence-electron chi connectivity index (χ0n) is 7.91. The molecule has 3 aromatic rings. The molecule has 0 spiro atoms. The Morgan fingerprint density at radius 1 is 0.933 bits per heavy atom. The molecule has 0 aliphatic heterocycles. The molecular weight excluding hydrogens is 188 g/mol. The van der Waals surface area contributed by atoms with Gasteiger partial charge in [-0.15, -0.1) is 0 Å². The van der Waals surface area contributed by atoms with Crippen LogP contribution in [0.25, 0.3) is 17.2 Å². The average molecular weight is 196 g/mol. The molecule has 0 amide bonds. The van der Waals surface area contributed by atoms with Crippen LogP contribution in [-0.4, -0.2) is 19.4 Å². The Morgan fingerprint density at radius 3 is 2.67 bits per heavy atom. The van der Waals surface area contributed by atoms with Crippen molar-refractivity contribution in [1.82, 2.24) is 19.4 Å². The molecule has 0 aromatic carbocycles. The summed E-state index contributed by atoms with van der Waals surface area (Å²) < 4.78 is 1.97. The summed E-state index contributed by atoms with van der Waals surface area (Å²) in [6, 6.07) is 7.73. The van der Waals surface area contributed by atoms with Gasteiger partial charge in [0.05, 0.1) is 11.7 Å². The molecule has 3 aromatic heterocycles. The summed E-state index contributed by atoms with van der Waals surface area (Å²) in [6.45, 7) is 0. The summed E-state index contributed by atoms with van der Waals surface area (Å²) in [5.74, 6) is 1.41. The van der Waals surface area contributed by atoms with Gasteiger partial charge in [-0.2, -0.15) is 0 Å². The first-order chi connectivity index (χ1) is 7.45. The molecule has 4 nitrogen and oxygen atoms in total. The van der Waals surface area contributed by atoms with Crippen molar-refractivity contribution in [1.29, 1.82) is 0 Å². The van der Waals surface area contributed by atoms with Crippen LogP contribution in [0, 0.1) is 0 Å². The van der Waals surface area contributed by atoms with Crippen molar-refractivity contribution in [2.24, 2.45) is 0 Å². The van der Waals surface area contributed by atoms with Crippen molar-refractivity contribution in [3.05, 3.63) is 49.1 Å². The number of imidazole rings is 1. The maximum atomic E-state index is 4.30. The lowest BCUT2D eigenvalue weighted by atomic mass is 10.4. The largest absolute Gasteiger partial charge is 0.297 e. The van der Waals surface area contributed by atoms with Gasteiger partial charge in [0, 0.05) is 18.6 Å². The standard InChI is InChI=1S/C11H8N4/c1-2-7-15-9(4-1)8-14-11(15)10-12-5-3-6-13-10/h1-8H. The van der Waals surface area contributed by atoms with Crippen LogP contribution in [-0.2, 0) is 0 Å². The Morgan fingerprint density at radius 2 is 1.80 bits per heavy atom. The molecule has 0 saturated carbocycles. The smallest absolute Gasteiger partial charge is 0.196 e. The highest BCUT2D eigenvalue weighted by Crippen LogP contribution is 2.14. The Labute approximate surface area is 86.3 Å². The quantitative estimate of drug-likeness (QED) is 0.596. The van der Waals surface area contributed by atoms with Gasteiger partial charge in [-0.1, -0.05) is 6.07 Å². The zero-order chi connectivity index (χ0) is 10.1. The normalized spacial score (nSPS) is 10.7. The van der Waals surface area contributed by atoms with E-state index in [-0.39, 0.29) is 0 Å². The number of nitrogens with zero attached hydrogens (tertiary/aromatic N) is 4. The SMILES string of the molecule is c1cnc(-c2ncc3ccccn23)nc1. The fourth-order valence-corrected chi connectivity index (χ4v) is 1.52. The van der Waals surface area contributed by atoms with Crippen molar-refractivity contribution in [2.75, 3.05) is 0 Å². The van der Waals surface area contributed by atoms with E-state index in [1.165, 1.54) is 0 Å². The van der Waals surface area contributed by atoms with Crippen LogP contribution in [0.1, 0.15) is 0 Å². The number of fused-ring (bicyclic) bond motifs is 1. The molecule has 0 bridgehead atoms. The fraction of sp³-hybridized carbons (Fsp3) is 0. The van der Waals surface area contributed by atoms with Crippen molar-refractivity contribution in [3.63, 3.8) is 0 Å².